The molecule has 0 saturated heterocycles. The van der Waals surface area contributed by atoms with Gasteiger partial charge in [0.25, 0.3) is 0 Å². The minimum Gasteiger partial charge on any atom is -0.265 e. The van der Waals surface area contributed by atoms with Crippen LogP contribution < -0.4 is 5.01 Å². The summed E-state index contributed by atoms with van der Waals surface area (Å²) in [6, 6.07) is 8.33. The molecular weight excluding hydrogens is 148 g/mol. The van der Waals surface area contributed by atoms with Crippen LogP contribution in [0.25, 0.3) is 0 Å². The van der Waals surface area contributed by atoms with Gasteiger partial charge in [0.05, 0.1) is 5.69 Å². The van der Waals surface area contributed by atoms with E-state index in [1.165, 1.54) is 11.3 Å². The van der Waals surface area contributed by atoms with Gasteiger partial charge in [0.2, 0.25) is 0 Å². The molecule has 0 bridgehead atoms. The highest BCUT2D eigenvalue weighted by atomic mass is 15.5. The predicted octanol–water partition coefficient (Wildman–Crippen LogP) is 2.19. The third kappa shape index (κ3) is 1.20. The number of hydrogen-bond acceptors (Lipinski definition) is 2. The molecule has 0 amide bonds. The van der Waals surface area contributed by atoms with Crippen molar-refractivity contribution in [3.63, 3.8) is 0 Å². The molecular formula is C10H12N2. The smallest absolute Gasteiger partial charge is 0.0623 e. The molecule has 2 rings (SSSR count). The molecule has 1 aliphatic heterocycles. The third-order valence-electron chi connectivity index (χ3n) is 2.08. The van der Waals surface area contributed by atoms with Gasteiger partial charge in [0.1, 0.15) is 0 Å². The average molecular weight is 160 g/mol. The average Bonchev–Trinajstić information content (AvgIpc) is 2.57. The second-order valence-electron chi connectivity index (χ2n) is 3.00. The van der Waals surface area contributed by atoms with Gasteiger partial charge in [-0.2, -0.15) is 5.10 Å². The van der Waals surface area contributed by atoms with Crippen LogP contribution in [0.1, 0.15) is 12.0 Å². The molecule has 2 nitrogen and oxygen atoms in total. The van der Waals surface area contributed by atoms with Crippen molar-refractivity contribution < 1.29 is 0 Å². The quantitative estimate of drug-likeness (QED) is 0.615. The lowest BCUT2D eigenvalue weighted by Gasteiger charge is -2.15. The summed E-state index contributed by atoms with van der Waals surface area (Å²) in [5.74, 6) is 0. The van der Waals surface area contributed by atoms with Crippen LogP contribution in [0.2, 0.25) is 0 Å². The second-order valence-corrected chi connectivity index (χ2v) is 3.00. The first kappa shape index (κ1) is 7.35. The molecule has 0 unspecified atom stereocenters. The van der Waals surface area contributed by atoms with Crippen molar-refractivity contribution in [3.8, 4) is 0 Å². The standard InChI is InChI=1S/C10H12N2/c1-9-5-2-3-6-10(9)12-8-4-7-11-12/h2-3,5-7H,4,8H2,1H3. The Hall–Kier alpha value is -1.31. The van der Waals surface area contributed by atoms with Crippen LogP contribution in [0.4, 0.5) is 5.69 Å². The van der Waals surface area contributed by atoms with E-state index in [2.05, 4.69) is 41.3 Å². The molecule has 2 heteroatoms. The molecule has 0 saturated carbocycles. The van der Waals surface area contributed by atoms with Crippen molar-refractivity contribution in [3.05, 3.63) is 29.8 Å². The van der Waals surface area contributed by atoms with Gasteiger partial charge in [0.15, 0.2) is 0 Å². The molecule has 0 atom stereocenters. The minimum atomic E-state index is 1.02. The molecule has 1 aliphatic rings. The summed E-state index contributed by atoms with van der Waals surface area (Å²) in [7, 11) is 0. The SMILES string of the molecule is Cc1ccccc1N1CCC=N1. The van der Waals surface area contributed by atoms with Crippen molar-refractivity contribution in [2.75, 3.05) is 11.6 Å². The summed E-state index contributed by atoms with van der Waals surface area (Å²) in [6.07, 6.45) is 3.03. The number of nitrogens with zero attached hydrogens (tertiary/aromatic N) is 2. The van der Waals surface area contributed by atoms with E-state index in [1.807, 2.05) is 6.21 Å². The molecule has 62 valence electrons. The fraction of sp³-hybridized carbons (Fsp3) is 0.300. The number of aryl methyl sites for hydroxylation is 1. The lowest BCUT2D eigenvalue weighted by molar-refractivity contribution is 0.916. The maximum absolute atomic E-state index is 4.28. The Kier molecular flexibility index (Phi) is 1.82. The zero-order valence-electron chi connectivity index (χ0n) is 7.20. The van der Waals surface area contributed by atoms with Gasteiger partial charge in [-0.05, 0) is 18.6 Å². The number of hydrazone groups is 1. The number of rotatable bonds is 1. The fourth-order valence-electron chi connectivity index (χ4n) is 1.43. The lowest BCUT2D eigenvalue weighted by Crippen LogP contribution is -2.12. The zero-order valence-corrected chi connectivity index (χ0v) is 7.20. The summed E-state index contributed by atoms with van der Waals surface area (Å²) in [4.78, 5) is 0. The highest BCUT2D eigenvalue weighted by molar-refractivity contribution is 5.66. The zero-order chi connectivity index (χ0) is 8.39. The Morgan fingerprint density at radius 1 is 1.33 bits per heavy atom. The normalized spacial score (nSPS) is 15.6. The number of hydrogen-bond donors (Lipinski definition) is 0. The van der Waals surface area contributed by atoms with E-state index in [4.69, 9.17) is 0 Å². The minimum absolute atomic E-state index is 1.02. The van der Waals surface area contributed by atoms with Gasteiger partial charge in [-0.15, -0.1) is 0 Å². The first-order valence-corrected chi connectivity index (χ1v) is 4.23. The van der Waals surface area contributed by atoms with Crippen molar-refractivity contribution in [1.29, 1.82) is 0 Å². The summed E-state index contributed by atoms with van der Waals surface area (Å²) in [5, 5.41) is 6.33. The van der Waals surface area contributed by atoms with Crippen molar-refractivity contribution in [2.45, 2.75) is 13.3 Å². The first-order chi connectivity index (χ1) is 5.88. The van der Waals surface area contributed by atoms with Crippen LogP contribution in [0.5, 0.6) is 0 Å². The summed E-state index contributed by atoms with van der Waals surface area (Å²) in [6.45, 7) is 3.13. The third-order valence-corrected chi connectivity index (χ3v) is 2.08. The van der Waals surface area contributed by atoms with Gasteiger partial charge in [-0.3, -0.25) is 5.01 Å². The van der Waals surface area contributed by atoms with Crippen molar-refractivity contribution >= 4 is 11.9 Å². The van der Waals surface area contributed by atoms with Gasteiger partial charge < -0.3 is 0 Å². The topological polar surface area (TPSA) is 15.6 Å². The van der Waals surface area contributed by atoms with Crippen LogP contribution in [-0.2, 0) is 0 Å². The molecule has 0 aromatic heterocycles. The number of benzene rings is 1. The van der Waals surface area contributed by atoms with Crippen LogP contribution in [-0.4, -0.2) is 12.8 Å². The highest BCUT2D eigenvalue weighted by Gasteiger charge is 2.09. The second kappa shape index (κ2) is 2.97. The van der Waals surface area contributed by atoms with E-state index in [0.29, 0.717) is 0 Å². The molecule has 1 aromatic rings. The molecule has 0 N–H and O–H groups in total. The molecule has 1 aromatic carbocycles. The van der Waals surface area contributed by atoms with E-state index in [-0.39, 0.29) is 0 Å². The van der Waals surface area contributed by atoms with E-state index in [0.717, 1.165) is 13.0 Å². The molecule has 0 spiro atoms. The van der Waals surface area contributed by atoms with E-state index < -0.39 is 0 Å². The van der Waals surface area contributed by atoms with Crippen LogP contribution >= 0.6 is 0 Å². The maximum atomic E-state index is 4.28. The lowest BCUT2D eigenvalue weighted by atomic mass is 10.2. The maximum Gasteiger partial charge on any atom is 0.0623 e. The highest BCUT2D eigenvalue weighted by Crippen LogP contribution is 2.21. The molecule has 1 heterocycles. The van der Waals surface area contributed by atoms with E-state index >= 15 is 0 Å². The van der Waals surface area contributed by atoms with Gasteiger partial charge in [0, 0.05) is 19.2 Å². The molecule has 0 radical (unpaired) electrons. The Labute approximate surface area is 72.5 Å². The Morgan fingerprint density at radius 3 is 2.83 bits per heavy atom. The molecule has 0 aliphatic carbocycles. The Balaban J connectivity index is 2.33. The first-order valence-electron chi connectivity index (χ1n) is 4.23. The fourth-order valence-corrected chi connectivity index (χ4v) is 1.43. The van der Waals surface area contributed by atoms with Gasteiger partial charge in [-0.25, -0.2) is 0 Å². The van der Waals surface area contributed by atoms with Crippen molar-refractivity contribution in [2.24, 2.45) is 5.10 Å². The summed E-state index contributed by atoms with van der Waals surface area (Å²) >= 11 is 0. The van der Waals surface area contributed by atoms with Gasteiger partial charge >= 0.3 is 0 Å². The van der Waals surface area contributed by atoms with Crippen LogP contribution in [0, 0.1) is 6.92 Å². The monoisotopic (exact) mass is 160 g/mol. The summed E-state index contributed by atoms with van der Waals surface area (Å²) < 4.78 is 0. The van der Waals surface area contributed by atoms with Gasteiger partial charge in [-0.1, -0.05) is 18.2 Å². The largest absolute Gasteiger partial charge is 0.265 e. The molecule has 0 fully saturated rings. The number of anilines is 1. The number of para-hydroxylation sites is 1. The van der Waals surface area contributed by atoms with Crippen LogP contribution in [0.3, 0.4) is 0 Å². The Morgan fingerprint density at radius 2 is 2.17 bits per heavy atom. The predicted molar refractivity (Wildman–Crippen MR) is 51.6 cm³/mol. The summed E-state index contributed by atoms with van der Waals surface area (Å²) in [5.41, 5.74) is 2.52. The van der Waals surface area contributed by atoms with E-state index in [9.17, 15) is 0 Å². The Bertz CT molecular complexity index is 304. The van der Waals surface area contributed by atoms with Crippen LogP contribution in [0.15, 0.2) is 29.4 Å². The molecule has 12 heavy (non-hydrogen) atoms. The van der Waals surface area contributed by atoms with Crippen molar-refractivity contribution in [1.82, 2.24) is 0 Å². The van der Waals surface area contributed by atoms with E-state index in [1.54, 1.807) is 0 Å².